The van der Waals surface area contributed by atoms with E-state index in [0.29, 0.717) is 18.8 Å². The number of ether oxygens (including phenoxy) is 1. The molecule has 0 saturated heterocycles. The van der Waals surface area contributed by atoms with Crippen molar-refractivity contribution >= 4 is 16.2 Å². The lowest BCUT2D eigenvalue weighted by Gasteiger charge is -2.40. The highest BCUT2D eigenvalue weighted by atomic mass is 32.5. The van der Waals surface area contributed by atoms with E-state index >= 15 is 0 Å². The predicted octanol–water partition coefficient (Wildman–Crippen LogP) is 7.79. The Balaban J connectivity index is 1.57. The van der Waals surface area contributed by atoms with Crippen LogP contribution >= 0.6 is 10.2 Å². The zero-order valence-corrected chi connectivity index (χ0v) is 16.7. The average Bonchev–Trinajstić information content (AvgIpc) is 2.67. The third kappa shape index (κ3) is 5.50. The van der Waals surface area contributed by atoms with Crippen LogP contribution < -0.4 is 4.74 Å². The second-order valence-electron chi connectivity index (χ2n) is 7.51. The fourth-order valence-corrected chi connectivity index (χ4v) is 4.30. The molecule has 29 heavy (non-hydrogen) atoms. The Morgan fingerprint density at radius 3 is 1.93 bits per heavy atom. The zero-order chi connectivity index (χ0) is 21.3. The second kappa shape index (κ2) is 7.00. The minimum Gasteiger partial charge on any atom is -0.426 e. The van der Waals surface area contributed by atoms with Gasteiger partial charge in [0.25, 0.3) is 0 Å². The molecule has 0 atom stereocenters. The molecule has 1 aliphatic carbocycles. The number of benzene rings is 2. The van der Waals surface area contributed by atoms with E-state index < -0.39 is 21.1 Å². The Kier molecular flexibility index (Phi) is 5.22. The van der Waals surface area contributed by atoms with Gasteiger partial charge in [0.05, 0.1) is 5.92 Å². The van der Waals surface area contributed by atoms with Crippen molar-refractivity contribution in [1.29, 1.82) is 0 Å². The van der Waals surface area contributed by atoms with Crippen molar-refractivity contribution in [2.45, 2.75) is 49.8 Å². The third-order valence-electron chi connectivity index (χ3n) is 5.41. The molecule has 160 valence electrons. The number of hydrogen-bond donors (Lipinski definition) is 0. The second-order valence-corrected chi connectivity index (χ2v) is 9.91. The van der Waals surface area contributed by atoms with Gasteiger partial charge in [0.15, 0.2) is 0 Å². The van der Waals surface area contributed by atoms with Gasteiger partial charge in [0, 0.05) is 0 Å². The molecule has 1 aliphatic rings. The fraction of sp³-hybridized carbons (Fsp3) is 0.381. The number of hydrogen-bond acceptors (Lipinski definition) is 2. The van der Waals surface area contributed by atoms with Crippen LogP contribution in [0.3, 0.4) is 0 Å². The summed E-state index contributed by atoms with van der Waals surface area (Å²) in [5.74, 6) is -0.694. The standard InChI is InChI=1S/C21H23F5O2S/c1-2-15-3-5-16(6-4-15)17-7-9-18(10-8-17)21(27)28-19-11-13-20(14-12-19)29(22,23,24,25)26/h3-6,11-14,17-18H,2,7-10H2,1H3/t17-,18-. The minimum atomic E-state index is -9.72. The lowest BCUT2D eigenvalue weighted by molar-refractivity contribution is -0.140. The van der Waals surface area contributed by atoms with Crippen LogP contribution in [0.15, 0.2) is 53.4 Å². The number of aryl methyl sites for hydroxylation is 1. The van der Waals surface area contributed by atoms with Crippen molar-refractivity contribution in [2.24, 2.45) is 5.92 Å². The molecule has 8 heteroatoms. The number of halogens is 5. The molecule has 1 saturated carbocycles. The molecule has 2 aromatic carbocycles. The quantitative estimate of drug-likeness (QED) is 0.273. The van der Waals surface area contributed by atoms with E-state index in [2.05, 4.69) is 31.2 Å². The van der Waals surface area contributed by atoms with Gasteiger partial charge in [-0.2, -0.15) is 0 Å². The van der Waals surface area contributed by atoms with Gasteiger partial charge < -0.3 is 4.74 Å². The normalized spacial score (nSPS) is 22.4. The molecule has 0 amide bonds. The summed E-state index contributed by atoms with van der Waals surface area (Å²) in [6.07, 6.45) is 3.83. The molecule has 3 rings (SSSR count). The Bertz CT molecular complexity index is 869. The van der Waals surface area contributed by atoms with E-state index in [0.717, 1.165) is 31.4 Å². The van der Waals surface area contributed by atoms with Gasteiger partial charge in [-0.25, -0.2) is 0 Å². The summed E-state index contributed by atoms with van der Waals surface area (Å²) in [5, 5.41) is 0. The first-order valence-electron chi connectivity index (χ1n) is 9.50. The Hall–Kier alpha value is -2.09. The van der Waals surface area contributed by atoms with Gasteiger partial charge in [0.1, 0.15) is 10.6 Å². The largest absolute Gasteiger partial charge is 0.426 e. The van der Waals surface area contributed by atoms with Crippen LogP contribution in [0, 0.1) is 5.92 Å². The molecular formula is C21H23F5O2S. The van der Waals surface area contributed by atoms with E-state index in [9.17, 15) is 24.2 Å². The molecule has 2 aromatic rings. The van der Waals surface area contributed by atoms with Crippen LogP contribution in [0.5, 0.6) is 5.75 Å². The van der Waals surface area contributed by atoms with Gasteiger partial charge in [-0.3, -0.25) is 4.79 Å². The highest BCUT2D eigenvalue weighted by Crippen LogP contribution is 3.02. The maximum atomic E-state index is 12.7. The van der Waals surface area contributed by atoms with E-state index in [-0.39, 0.29) is 23.8 Å². The summed E-state index contributed by atoms with van der Waals surface area (Å²) < 4.78 is 68.8. The van der Waals surface area contributed by atoms with Crippen LogP contribution in [-0.4, -0.2) is 5.97 Å². The van der Waals surface area contributed by atoms with Crippen molar-refractivity contribution in [1.82, 2.24) is 0 Å². The van der Waals surface area contributed by atoms with Crippen LogP contribution in [0.2, 0.25) is 0 Å². The fourth-order valence-electron chi connectivity index (χ4n) is 3.65. The Morgan fingerprint density at radius 2 is 1.45 bits per heavy atom. The lowest BCUT2D eigenvalue weighted by Crippen LogP contribution is -2.25. The molecule has 2 nitrogen and oxygen atoms in total. The van der Waals surface area contributed by atoms with Gasteiger partial charge in [-0.1, -0.05) is 50.6 Å². The lowest BCUT2D eigenvalue weighted by atomic mass is 9.78. The molecule has 0 heterocycles. The smallest absolute Gasteiger partial charge is 0.314 e. The first-order chi connectivity index (χ1) is 13.4. The topological polar surface area (TPSA) is 26.3 Å². The Labute approximate surface area is 166 Å². The number of rotatable bonds is 5. The maximum Gasteiger partial charge on any atom is 0.314 e. The number of carbonyl (C=O) groups excluding carboxylic acids is 1. The third-order valence-corrected chi connectivity index (χ3v) is 6.57. The van der Waals surface area contributed by atoms with Gasteiger partial charge >= 0.3 is 16.2 Å². The van der Waals surface area contributed by atoms with E-state index in [4.69, 9.17) is 4.74 Å². The molecule has 0 aliphatic heterocycles. The summed E-state index contributed by atoms with van der Waals surface area (Å²) in [6, 6.07) is 10.4. The maximum absolute atomic E-state index is 12.7. The van der Waals surface area contributed by atoms with Crippen LogP contribution in [0.1, 0.15) is 49.7 Å². The molecule has 0 aromatic heterocycles. The SMILES string of the molecule is CCc1ccc([C@H]2CC[C@H](C(=O)Oc3ccc(S(F)(F)(F)(F)F)cc3)CC2)cc1. The molecule has 0 unspecified atom stereocenters. The summed E-state index contributed by atoms with van der Waals surface area (Å²) in [5.41, 5.74) is 2.50. The van der Waals surface area contributed by atoms with E-state index in [1.165, 1.54) is 11.1 Å². The first-order valence-corrected chi connectivity index (χ1v) is 11.5. The monoisotopic (exact) mass is 434 g/mol. The van der Waals surface area contributed by atoms with Crippen LogP contribution in [0.4, 0.5) is 19.4 Å². The van der Waals surface area contributed by atoms with Crippen molar-refractivity contribution in [2.75, 3.05) is 0 Å². The molecule has 0 radical (unpaired) electrons. The Morgan fingerprint density at radius 1 is 0.897 bits per heavy atom. The van der Waals surface area contributed by atoms with Crippen molar-refractivity contribution in [3.63, 3.8) is 0 Å². The highest BCUT2D eigenvalue weighted by molar-refractivity contribution is 8.45. The summed E-state index contributed by atoms with van der Waals surface area (Å²) in [6.45, 7) is 2.09. The summed E-state index contributed by atoms with van der Waals surface area (Å²) in [7, 11) is -9.72. The average molecular weight is 434 g/mol. The van der Waals surface area contributed by atoms with Crippen LogP contribution in [0.25, 0.3) is 0 Å². The minimum absolute atomic E-state index is 0.169. The number of esters is 1. The summed E-state index contributed by atoms with van der Waals surface area (Å²) >= 11 is 0. The van der Waals surface area contributed by atoms with Crippen molar-refractivity contribution in [3.8, 4) is 5.75 Å². The molecule has 0 bridgehead atoms. The van der Waals surface area contributed by atoms with Gasteiger partial charge in [-0.15, -0.1) is 0 Å². The van der Waals surface area contributed by atoms with Gasteiger partial charge in [0.2, 0.25) is 0 Å². The zero-order valence-electron chi connectivity index (χ0n) is 15.9. The van der Waals surface area contributed by atoms with Crippen molar-refractivity contribution in [3.05, 3.63) is 59.7 Å². The first kappa shape index (κ1) is 21.6. The molecule has 1 fully saturated rings. The summed E-state index contributed by atoms with van der Waals surface area (Å²) in [4.78, 5) is 10.3. The van der Waals surface area contributed by atoms with Crippen LogP contribution in [-0.2, 0) is 11.2 Å². The molecular weight excluding hydrogens is 411 g/mol. The highest BCUT2D eigenvalue weighted by Gasteiger charge is 2.65. The van der Waals surface area contributed by atoms with Crippen molar-refractivity contribution < 1.29 is 29.0 Å². The van der Waals surface area contributed by atoms with Gasteiger partial charge in [-0.05, 0) is 73.4 Å². The molecule has 0 spiro atoms. The van der Waals surface area contributed by atoms with E-state index in [1.807, 2.05) is 0 Å². The molecule has 0 N–H and O–H groups in total. The number of carbonyl (C=O) groups is 1. The predicted molar refractivity (Wildman–Crippen MR) is 104 cm³/mol. The van der Waals surface area contributed by atoms with E-state index in [1.54, 1.807) is 0 Å².